The number of nitrogens with two attached hydrogens (primary N) is 1. The normalized spacial score (nSPS) is 11.1. The Kier molecular flexibility index (Phi) is 3.23. The highest BCUT2D eigenvalue weighted by molar-refractivity contribution is 6.05. The number of aromatic amines is 1. The zero-order valence-electron chi connectivity index (χ0n) is 10.9. The molecule has 1 amide bonds. The number of nitrogens with zero attached hydrogens (tertiary/aromatic N) is 2. The number of nitrogen functional groups attached to an aromatic ring is 1. The molecule has 0 spiro atoms. The molecule has 3 N–H and O–H groups in total. The van der Waals surface area contributed by atoms with Crippen molar-refractivity contribution >= 4 is 22.5 Å². The number of anilines is 1. The van der Waals surface area contributed by atoms with E-state index in [0.29, 0.717) is 23.8 Å². The number of H-pyrrole nitrogens is 1. The first-order valence-corrected chi connectivity index (χ1v) is 5.98. The second-order valence-corrected chi connectivity index (χ2v) is 4.96. The van der Waals surface area contributed by atoms with Gasteiger partial charge in [-0.3, -0.25) is 9.89 Å². The van der Waals surface area contributed by atoms with E-state index in [0.717, 1.165) is 10.9 Å². The number of rotatable bonds is 3. The van der Waals surface area contributed by atoms with Gasteiger partial charge in [-0.2, -0.15) is 5.10 Å². The van der Waals surface area contributed by atoms with Gasteiger partial charge in [0.25, 0.3) is 5.91 Å². The van der Waals surface area contributed by atoms with Crippen molar-refractivity contribution in [3.8, 4) is 0 Å². The van der Waals surface area contributed by atoms with Crippen molar-refractivity contribution in [2.75, 3.05) is 19.3 Å². The van der Waals surface area contributed by atoms with E-state index >= 15 is 0 Å². The van der Waals surface area contributed by atoms with Crippen LogP contribution in [0.1, 0.15) is 24.3 Å². The van der Waals surface area contributed by atoms with E-state index < -0.39 is 0 Å². The lowest BCUT2D eigenvalue weighted by atomic mass is 10.1. The molecule has 1 heterocycles. The Balaban J connectivity index is 2.36. The van der Waals surface area contributed by atoms with Gasteiger partial charge < -0.3 is 10.6 Å². The Bertz CT molecular complexity index is 573. The minimum atomic E-state index is -0.0828. The molecular weight excluding hydrogens is 228 g/mol. The Labute approximate surface area is 106 Å². The van der Waals surface area contributed by atoms with E-state index in [1.165, 1.54) is 0 Å². The van der Waals surface area contributed by atoms with Gasteiger partial charge in [0.15, 0.2) is 5.69 Å². The maximum atomic E-state index is 12.3. The fourth-order valence-corrected chi connectivity index (χ4v) is 2.01. The third kappa shape index (κ3) is 2.30. The average Bonchev–Trinajstić information content (AvgIpc) is 2.69. The van der Waals surface area contributed by atoms with Crippen LogP contribution in [0.2, 0.25) is 0 Å². The number of amides is 1. The van der Waals surface area contributed by atoms with Crippen molar-refractivity contribution in [2.24, 2.45) is 5.92 Å². The van der Waals surface area contributed by atoms with Crippen molar-refractivity contribution in [3.63, 3.8) is 0 Å². The van der Waals surface area contributed by atoms with Crippen LogP contribution in [0.3, 0.4) is 0 Å². The van der Waals surface area contributed by atoms with E-state index in [2.05, 4.69) is 24.0 Å². The third-order valence-electron chi connectivity index (χ3n) is 2.78. The quantitative estimate of drug-likeness (QED) is 0.812. The number of aromatic nitrogens is 2. The van der Waals surface area contributed by atoms with Crippen molar-refractivity contribution in [3.05, 3.63) is 23.9 Å². The van der Waals surface area contributed by atoms with Crippen LogP contribution in [0, 0.1) is 5.92 Å². The van der Waals surface area contributed by atoms with E-state index in [4.69, 9.17) is 5.73 Å². The lowest BCUT2D eigenvalue weighted by Crippen LogP contribution is -2.30. The van der Waals surface area contributed by atoms with Crippen LogP contribution >= 0.6 is 0 Å². The number of hydrogen-bond acceptors (Lipinski definition) is 3. The largest absolute Gasteiger partial charge is 0.399 e. The monoisotopic (exact) mass is 246 g/mol. The van der Waals surface area contributed by atoms with Gasteiger partial charge in [-0.05, 0) is 24.1 Å². The maximum absolute atomic E-state index is 12.3. The lowest BCUT2D eigenvalue weighted by Gasteiger charge is -2.18. The van der Waals surface area contributed by atoms with Crippen molar-refractivity contribution < 1.29 is 4.79 Å². The number of benzene rings is 1. The number of nitrogens with one attached hydrogen (secondary N) is 1. The molecule has 0 aliphatic carbocycles. The summed E-state index contributed by atoms with van der Waals surface area (Å²) in [6, 6.07) is 5.39. The summed E-state index contributed by atoms with van der Waals surface area (Å²) in [5, 5.41) is 7.72. The molecule has 0 bridgehead atoms. The molecule has 96 valence electrons. The highest BCUT2D eigenvalue weighted by Crippen LogP contribution is 2.20. The number of carbonyl (C=O) groups excluding carboxylic acids is 1. The molecule has 0 atom stereocenters. The summed E-state index contributed by atoms with van der Waals surface area (Å²) in [5.41, 5.74) is 7.63. The lowest BCUT2D eigenvalue weighted by molar-refractivity contribution is 0.0775. The van der Waals surface area contributed by atoms with Crippen molar-refractivity contribution in [1.82, 2.24) is 15.1 Å². The zero-order valence-corrected chi connectivity index (χ0v) is 10.9. The third-order valence-corrected chi connectivity index (χ3v) is 2.78. The smallest absolute Gasteiger partial charge is 0.274 e. The highest BCUT2D eigenvalue weighted by atomic mass is 16.2. The fourth-order valence-electron chi connectivity index (χ4n) is 2.01. The first-order chi connectivity index (χ1) is 8.49. The summed E-state index contributed by atoms with van der Waals surface area (Å²) in [6.45, 7) is 4.85. The Morgan fingerprint density at radius 3 is 2.89 bits per heavy atom. The zero-order chi connectivity index (χ0) is 13.3. The molecule has 1 aromatic heterocycles. The molecule has 5 heteroatoms. The number of hydrogen-bond donors (Lipinski definition) is 2. The number of carbonyl (C=O) groups is 1. The molecule has 2 aromatic rings. The molecule has 0 saturated heterocycles. The molecule has 0 saturated carbocycles. The molecule has 0 fully saturated rings. The predicted molar refractivity (Wildman–Crippen MR) is 72.3 cm³/mol. The van der Waals surface area contributed by atoms with Gasteiger partial charge in [0, 0.05) is 24.7 Å². The van der Waals surface area contributed by atoms with Crippen LogP contribution in [0.4, 0.5) is 5.69 Å². The van der Waals surface area contributed by atoms with Gasteiger partial charge in [0.1, 0.15) is 0 Å². The molecule has 5 nitrogen and oxygen atoms in total. The number of fused-ring (bicyclic) bond motifs is 1. The molecule has 0 radical (unpaired) electrons. The first-order valence-electron chi connectivity index (χ1n) is 5.98. The average molecular weight is 246 g/mol. The van der Waals surface area contributed by atoms with Crippen molar-refractivity contribution in [1.29, 1.82) is 0 Å². The summed E-state index contributed by atoms with van der Waals surface area (Å²) in [5.74, 6) is 0.342. The van der Waals surface area contributed by atoms with E-state index in [9.17, 15) is 4.79 Å². The van der Waals surface area contributed by atoms with Gasteiger partial charge in [-0.1, -0.05) is 13.8 Å². The molecule has 0 unspecified atom stereocenters. The topological polar surface area (TPSA) is 75.0 Å². The summed E-state index contributed by atoms with van der Waals surface area (Å²) in [6.07, 6.45) is 0. The first kappa shape index (κ1) is 12.4. The predicted octanol–water partition coefficient (Wildman–Crippen LogP) is 1.87. The maximum Gasteiger partial charge on any atom is 0.274 e. The molecule has 0 aliphatic rings. The van der Waals surface area contributed by atoms with E-state index in [1.54, 1.807) is 24.1 Å². The van der Waals surface area contributed by atoms with E-state index in [1.807, 2.05) is 6.07 Å². The molecule has 1 aromatic carbocycles. The van der Waals surface area contributed by atoms with Gasteiger partial charge in [0.2, 0.25) is 0 Å². The summed E-state index contributed by atoms with van der Waals surface area (Å²) in [7, 11) is 1.79. The van der Waals surface area contributed by atoms with Gasteiger partial charge in [0.05, 0.1) is 5.52 Å². The summed E-state index contributed by atoms with van der Waals surface area (Å²) in [4.78, 5) is 14.0. The van der Waals surface area contributed by atoms with Crippen LogP contribution in [-0.2, 0) is 0 Å². The Morgan fingerprint density at radius 1 is 1.50 bits per heavy atom. The minimum Gasteiger partial charge on any atom is -0.399 e. The van der Waals surface area contributed by atoms with Crippen LogP contribution in [0.15, 0.2) is 18.2 Å². The minimum absolute atomic E-state index is 0.0828. The molecule has 2 rings (SSSR count). The SMILES string of the molecule is CC(C)CN(C)C(=O)c1n[nH]c2ccc(N)cc12. The van der Waals surface area contributed by atoms with E-state index in [-0.39, 0.29) is 5.91 Å². The molecular formula is C13H18N4O. The van der Waals surface area contributed by atoms with Gasteiger partial charge in [-0.15, -0.1) is 0 Å². The van der Waals surface area contributed by atoms with Crippen LogP contribution < -0.4 is 5.73 Å². The second kappa shape index (κ2) is 4.68. The van der Waals surface area contributed by atoms with Crippen LogP contribution in [0.25, 0.3) is 10.9 Å². The summed E-state index contributed by atoms with van der Waals surface area (Å²) < 4.78 is 0. The standard InChI is InChI=1S/C13H18N4O/c1-8(2)7-17(3)13(18)12-10-6-9(14)4-5-11(10)15-16-12/h4-6,8H,7,14H2,1-3H3,(H,15,16). The van der Waals surface area contributed by atoms with Crippen molar-refractivity contribution in [2.45, 2.75) is 13.8 Å². The Morgan fingerprint density at radius 2 is 2.22 bits per heavy atom. The Hall–Kier alpha value is -2.04. The summed E-state index contributed by atoms with van der Waals surface area (Å²) >= 11 is 0. The molecule has 18 heavy (non-hydrogen) atoms. The van der Waals surface area contributed by atoms with Crippen LogP contribution in [0.5, 0.6) is 0 Å². The fraction of sp³-hybridized carbons (Fsp3) is 0.385. The van der Waals surface area contributed by atoms with Gasteiger partial charge >= 0.3 is 0 Å². The molecule has 0 aliphatic heterocycles. The second-order valence-electron chi connectivity index (χ2n) is 4.96. The van der Waals surface area contributed by atoms with Crippen LogP contribution in [-0.4, -0.2) is 34.6 Å². The van der Waals surface area contributed by atoms with Gasteiger partial charge in [-0.25, -0.2) is 0 Å². The highest BCUT2D eigenvalue weighted by Gasteiger charge is 2.18.